The van der Waals surface area contributed by atoms with Crippen LogP contribution in [-0.2, 0) is 4.43 Å². The highest BCUT2D eigenvalue weighted by Gasteiger charge is 2.54. The molecule has 0 saturated carbocycles. The normalized spacial score (nSPS) is 15.1. The summed E-state index contributed by atoms with van der Waals surface area (Å²) in [6.07, 6.45) is 5.38. The lowest BCUT2D eigenvalue weighted by Gasteiger charge is -2.45. The van der Waals surface area contributed by atoms with Gasteiger partial charge in [-0.3, -0.25) is 0 Å². The molecular formula is C41H43O2Si2. The van der Waals surface area contributed by atoms with Crippen molar-refractivity contribution in [2.75, 3.05) is 0 Å². The van der Waals surface area contributed by atoms with Gasteiger partial charge in [0.2, 0.25) is 0 Å². The van der Waals surface area contributed by atoms with Crippen molar-refractivity contribution in [1.29, 1.82) is 0 Å². The average Bonchev–Trinajstić information content (AvgIpc) is 3.46. The number of benzene rings is 5. The quantitative estimate of drug-likeness (QED) is 0.163. The summed E-state index contributed by atoms with van der Waals surface area (Å²) in [6.45, 7) is 13.9. The maximum Gasteiger partial charge on any atom is 0.319 e. The Morgan fingerprint density at radius 1 is 0.489 bits per heavy atom. The predicted octanol–water partition coefficient (Wildman–Crippen LogP) is 8.07. The van der Waals surface area contributed by atoms with Crippen molar-refractivity contribution in [3.05, 3.63) is 157 Å². The van der Waals surface area contributed by atoms with Gasteiger partial charge >= 0.3 is 8.32 Å². The summed E-state index contributed by atoms with van der Waals surface area (Å²) in [5, 5.41) is 4.69. The first kappa shape index (κ1) is 31.0. The number of fused-ring (bicyclic) bond motifs is 1. The molecule has 2 nitrogen and oxygen atoms in total. The van der Waals surface area contributed by atoms with Crippen LogP contribution in [0.5, 0.6) is 5.75 Å². The van der Waals surface area contributed by atoms with E-state index in [1.165, 1.54) is 20.7 Å². The Kier molecular flexibility index (Phi) is 8.34. The van der Waals surface area contributed by atoms with E-state index in [1.54, 1.807) is 0 Å². The highest BCUT2D eigenvalue weighted by Crippen LogP contribution is 2.46. The van der Waals surface area contributed by atoms with Gasteiger partial charge in [0, 0.05) is 5.56 Å². The van der Waals surface area contributed by atoms with Crippen LogP contribution < -0.4 is 25.2 Å². The van der Waals surface area contributed by atoms with Gasteiger partial charge in [0.05, 0.1) is 0 Å². The third-order valence-electron chi connectivity index (χ3n) is 9.14. The van der Waals surface area contributed by atoms with Crippen LogP contribution in [0, 0.1) is 6.08 Å². The Labute approximate surface area is 271 Å². The molecule has 0 aromatic heterocycles. The summed E-state index contributed by atoms with van der Waals surface area (Å²) < 4.78 is 15.3. The fraction of sp³-hybridized carbons (Fsp3) is 0.220. The Morgan fingerprint density at radius 3 is 1.29 bits per heavy atom. The monoisotopic (exact) mass is 623 g/mol. The van der Waals surface area contributed by atoms with Crippen LogP contribution in [-0.4, -0.2) is 16.6 Å². The van der Waals surface area contributed by atoms with Crippen molar-refractivity contribution in [2.45, 2.75) is 57.7 Å². The highest BCUT2D eigenvalue weighted by molar-refractivity contribution is 7.00. The van der Waals surface area contributed by atoms with Crippen molar-refractivity contribution in [1.82, 2.24) is 0 Å². The smallest absolute Gasteiger partial charge is 0.319 e. The predicted molar refractivity (Wildman–Crippen MR) is 194 cm³/mol. The minimum absolute atomic E-state index is 0.159. The van der Waals surface area contributed by atoms with Gasteiger partial charge in [0.25, 0.3) is 8.32 Å². The van der Waals surface area contributed by atoms with E-state index in [4.69, 9.17) is 8.85 Å². The second kappa shape index (κ2) is 12.1. The summed E-state index contributed by atoms with van der Waals surface area (Å²) in [7, 11) is -5.73. The van der Waals surface area contributed by atoms with Crippen molar-refractivity contribution >= 4 is 43.5 Å². The van der Waals surface area contributed by atoms with Gasteiger partial charge in [-0.25, -0.2) is 0 Å². The maximum atomic E-state index is 7.65. The van der Waals surface area contributed by atoms with Crippen LogP contribution in [0.4, 0.5) is 0 Å². The molecule has 1 atom stereocenters. The molecule has 1 radical (unpaired) electrons. The first-order chi connectivity index (χ1) is 21.6. The van der Waals surface area contributed by atoms with Gasteiger partial charge < -0.3 is 8.85 Å². The van der Waals surface area contributed by atoms with Crippen molar-refractivity contribution in [3.8, 4) is 5.75 Å². The topological polar surface area (TPSA) is 18.5 Å². The molecule has 0 aliphatic heterocycles. The molecule has 0 fully saturated rings. The molecule has 0 heterocycles. The second-order valence-electron chi connectivity index (χ2n) is 14.0. The van der Waals surface area contributed by atoms with E-state index in [9.17, 15) is 0 Å². The molecule has 0 spiro atoms. The molecule has 227 valence electrons. The molecule has 4 heteroatoms. The molecule has 45 heavy (non-hydrogen) atoms. The highest BCUT2D eigenvalue weighted by atomic mass is 28.4. The zero-order chi connectivity index (χ0) is 31.7. The van der Waals surface area contributed by atoms with Crippen LogP contribution in [0.2, 0.25) is 10.1 Å². The first-order valence-corrected chi connectivity index (χ1v) is 19.7. The molecule has 5 aromatic rings. The van der Waals surface area contributed by atoms with Gasteiger partial charge in [0.1, 0.15) is 11.9 Å². The van der Waals surface area contributed by atoms with E-state index < -0.39 is 16.6 Å². The van der Waals surface area contributed by atoms with Crippen LogP contribution >= 0.6 is 0 Å². The third kappa shape index (κ3) is 5.46. The summed E-state index contributed by atoms with van der Waals surface area (Å²) in [5.74, 6) is 0.881. The Balaban J connectivity index is 1.54. The zero-order valence-corrected chi connectivity index (χ0v) is 29.3. The molecule has 0 amide bonds. The summed E-state index contributed by atoms with van der Waals surface area (Å²) in [4.78, 5) is 0. The van der Waals surface area contributed by atoms with Gasteiger partial charge in [0.15, 0.2) is 0 Å². The average molecular weight is 624 g/mol. The fourth-order valence-corrected chi connectivity index (χ4v) is 16.1. The molecule has 6 rings (SSSR count). The lowest BCUT2D eigenvalue weighted by molar-refractivity contribution is 0.231. The van der Waals surface area contributed by atoms with Crippen LogP contribution in [0.25, 0.3) is 6.08 Å². The zero-order valence-electron chi connectivity index (χ0n) is 27.3. The van der Waals surface area contributed by atoms with E-state index in [1.807, 2.05) is 0 Å². The van der Waals surface area contributed by atoms with Crippen molar-refractivity contribution < 1.29 is 8.85 Å². The van der Waals surface area contributed by atoms with E-state index in [-0.39, 0.29) is 16.2 Å². The lowest BCUT2D eigenvalue weighted by atomic mass is 10.1. The molecule has 1 unspecified atom stereocenters. The maximum absolute atomic E-state index is 7.65. The largest absolute Gasteiger partial charge is 0.534 e. The third-order valence-corrected chi connectivity index (χ3v) is 19.1. The lowest BCUT2D eigenvalue weighted by Crippen LogP contribution is -2.69. The number of rotatable bonds is 8. The second-order valence-corrected chi connectivity index (χ2v) is 22.5. The standard InChI is InChI=1S/C41H43O2Si2/c1-40(2,3)44(33-21-11-7-12-22-33,34-23-13-8-14-24-34)42-37-29-19-20-32-30-31-38(39(32)37)43-45(41(4,5)6,35-25-15-9-16-26-35)36-27-17-10-18-28-36/h7-30,38H,1-6H3. The Hall–Kier alpha value is -3.97. The number of hydrogen-bond donors (Lipinski definition) is 0. The van der Waals surface area contributed by atoms with Crippen molar-refractivity contribution in [2.24, 2.45) is 0 Å². The molecule has 0 bridgehead atoms. The minimum atomic E-state index is -2.87. The molecule has 0 saturated heterocycles. The van der Waals surface area contributed by atoms with Gasteiger partial charge in [-0.2, -0.15) is 0 Å². The number of hydrogen-bond acceptors (Lipinski definition) is 2. The minimum Gasteiger partial charge on any atom is -0.534 e. The fourth-order valence-electron chi connectivity index (χ4n) is 7.08. The van der Waals surface area contributed by atoms with Crippen LogP contribution in [0.3, 0.4) is 0 Å². The van der Waals surface area contributed by atoms with Crippen LogP contribution in [0.15, 0.2) is 140 Å². The summed E-state index contributed by atoms with van der Waals surface area (Å²) in [5.41, 5.74) is 2.17. The van der Waals surface area contributed by atoms with Crippen molar-refractivity contribution in [3.63, 3.8) is 0 Å². The van der Waals surface area contributed by atoms with Gasteiger partial charge in [-0.1, -0.05) is 175 Å². The van der Waals surface area contributed by atoms with Gasteiger partial charge in [-0.05, 0) is 54.6 Å². The Morgan fingerprint density at radius 2 is 0.889 bits per heavy atom. The SMILES string of the molecule is CC(C)(C)[Si](Oc1cccc2c1C(O[Si](c1ccccc1)(c1ccccc1)C(C)(C)C)[C]=C2)(c1ccccc1)c1ccccc1. The molecule has 5 aromatic carbocycles. The van der Waals surface area contributed by atoms with Crippen LogP contribution in [0.1, 0.15) is 58.8 Å². The van der Waals surface area contributed by atoms with E-state index >= 15 is 0 Å². The summed E-state index contributed by atoms with van der Waals surface area (Å²) >= 11 is 0. The Bertz CT molecular complexity index is 1670. The van der Waals surface area contributed by atoms with E-state index in [0.29, 0.717) is 0 Å². The van der Waals surface area contributed by atoms with Gasteiger partial charge in [-0.15, -0.1) is 0 Å². The summed E-state index contributed by atoms with van der Waals surface area (Å²) in [6, 6.07) is 49.8. The molecular weight excluding hydrogens is 581 g/mol. The first-order valence-electron chi connectivity index (χ1n) is 15.9. The van der Waals surface area contributed by atoms with E-state index in [0.717, 1.165) is 16.9 Å². The van der Waals surface area contributed by atoms with E-state index in [2.05, 4.69) is 193 Å². The molecule has 1 aliphatic carbocycles. The molecule has 0 N–H and O–H groups in total. The molecule has 1 aliphatic rings.